The number of carboxylic acids is 1. The molecule has 7 aromatic rings. The molecule has 0 bridgehead atoms. The maximum Gasteiger partial charge on any atom is 0.352 e. The van der Waals surface area contributed by atoms with Crippen LogP contribution in [0.4, 0.5) is 39.8 Å². The Kier molecular flexibility index (Phi) is 9.55. The number of azo groups is 2. The number of H-pyrrole nitrogens is 2. The summed E-state index contributed by atoms with van der Waals surface area (Å²) in [7, 11) is 7.02. The first-order valence-corrected chi connectivity index (χ1v) is 19.2. The van der Waals surface area contributed by atoms with Crippen molar-refractivity contribution in [3.05, 3.63) is 125 Å². The van der Waals surface area contributed by atoms with Crippen LogP contribution in [0.1, 0.15) is 42.5 Å². The van der Waals surface area contributed by atoms with Gasteiger partial charge in [0.15, 0.2) is 0 Å². The Bertz CT molecular complexity index is 2910. The molecule has 0 aliphatic carbocycles. The molecule has 2 aliphatic heterocycles. The van der Waals surface area contributed by atoms with Crippen LogP contribution in [0.5, 0.6) is 11.5 Å². The Morgan fingerprint density at radius 1 is 0.617 bits per heavy atom. The Morgan fingerprint density at radius 2 is 1.10 bits per heavy atom. The first kappa shape index (κ1) is 37.7. The minimum atomic E-state index is -1.03. The first-order valence-electron chi connectivity index (χ1n) is 19.2. The van der Waals surface area contributed by atoms with Crippen molar-refractivity contribution in [3.8, 4) is 11.5 Å². The van der Waals surface area contributed by atoms with E-state index in [1.54, 1.807) is 59.4 Å². The Hall–Kier alpha value is -7.81. The molecular weight excluding hydrogens is 763 g/mol. The van der Waals surface area contributed by atoms with Crippen molar-refractivity contribution in [2.45, 2.75) is 12.8 Å². The molecule has 0 spiro atoms. The number of nitrogens with zero attached hydrogens (tertiary/aromatic N) is 7. The topological polar surface area (TPSA) is 181 Å². The largest absolute Gasteiger partial charge is 0.494 e. The molecule has 0 fully saturated rings. The number of hydrogen-bond acceptors (Lipinski definition) is 10. The number of hydrogen-bond donors (Lipinski definition) is 3. The maximum atomic E-state index is 13.9. The summed E-state index contributed by atoms with van der Waals surface area (Å²) in [4.78, 5) is 51.1. The fourth-order valence-corrected chi connectivity index (χ4v) is 7.91. The lowest BCUT2D eigenvalue weighted by molar-refractivity contribution is 0.0691. The predicted octanol–water partition coefficient (Wildman–Crippen LogP) is 9.67. The van der Waals surface area contributed by atoms with E-state index < -0.39 is 5.97 Å². The van der Waals surface area contributed by atoms with Crippen LogP contribution in [0.2, 0.25) is 0 Å². The van der Waals surface area contributed by atoms with E-state index >= 15 is 0 Å². The molecule has 9 rings (SSSR count). The van der Waals surface area contributed by atoms with Crippen molar-refractivity contribution in [1.29, 1.82) is 0 Å². The van der Waals surface area contributed by atoms with Crippen molar-refractivity contribution in [2.24, 2.45) is 20.5 Å². The van der Waals surface area contributed by atoms with E-state index in [0.29, 0.717) is 71.4 Å². The number of amides is 2. The van der Waals surface area contributed by atoms with Gasteiger partial charge < -0.3 is 39.2 Å². The molecule has 300 valence electrons. The molecule has 0 unspecified atom stereocenters. The van der Waals surface area contributed by atoms with Gasteiger partial charge in [-0.1, -0.05) is 0 Å². The zero-order chi connectivity index (χ0) is 41.7. The van der Waals surface area contributed by atoms with Crippen LogP contribution in [0.15, 0.2) is 118 Å². The second kappa shape index (κ2) is 15.2. The molecule has 15 nitrogen and oxygen atoms in total. The standard InChI is InChI=1S/C45H39N9O6/c1-52(2)28-11-9-27(10-12-28)49-51-36-24-41(59-3)35(23-42(36)60-4)50-48-26-7-5-25(6-8-26)43(55)53-19-17-29-31-21-37(46-33(31)13-15-39(29)53)44(56)54-20-18-30-32-22-38(45(57)58)47-34(32)14-16-40(30)54/h5-16,21-24,46-47H,17-20H2,1-4H3,(H,57,58). The van der Waals surface area contributed by atoms with Crippen LogP contribution in [-0.4, -0.2) is 74.3 Å². The fraction of sp³-hybridized carbons (Fsp3) is 0.178. The Morgan fingerprint density at radius 3 is 1.60 bits per heavy atom. The number of aromatic nitrogens is 2. The summed E-state index contributed by atoms with van der Waals surface area (Å²) in [6, 6.07) is 29.0. The van der Waals surface area contributed by atoms with E-state index in [9.17, 15) is 19.5 Å². The lowest BCUT2D eigenvalue weighted by Gasteiger charge is -2.17. The van der Waals surface area contributed by atoms with Crippen LogP contribution < -0.4 is 24.2 Å². The summed E-state index contributed by atoms with van der Waals surface area (Å²) in [5.74, 6) is -0.474. The van der Waals surface area contributed by atoms with Gasteiger partial charge in [-0.05, 0) is 109 Å². The Balaban J connectivity index is 0.896. The quantitative estimate of drug-likeness (QED) is 0.115. The van der Waals surface area contributed by atoms with E-state index in [4.69, 9.17) is 9.47 Å². The van der Waals surface area contributed by atoms with Gasteiger partial charge in [-0.2, -0.15) is 10.2 Å². The van der Waals surface area contributed by atoms with Gasteiger partial charge in [0.1, 0.15) is 34.3 Å². The molecule has 0 saturated carbocycles. The summed E-state index contributed by atoms with van der Waals surface area (Å²) in [6.07, 6.45) is 1.25. The number of carbonyl (C=O) groups is 3. The second-order valence-electron chi connectivity index (χ2n) is 14.7. The SMILES string of the molecule is COc1cc(N=Nc2ccc(N(C)C)cc2)c(OC)cc1N=Nc1ccc(C(=O)N2CCc3c2ccc2[nH]c(C(=O)N4CCc5c4ccc4[nH]c(C(=O)O)cc54)cc32)cc1. The number of aromatic carboxylic acids is 1. The van der Waals surface area contributed by atoms with Gasteiger partial charge in [0.2, 0.25) is 0 Å². The molecule has 15 heteroatoms. The molecular formula is C45H39N9O6. The number of rotatable bonds is 10. The second-order valence-corrected chi connectivity index (χ2v) is 14.7. The third-order valence-electron chi connectivity index (χ3n) is 11.0. The molecule has 0 radical (unpaired) electrons. The molecule has 60 heavy (non-hydrogen) atoms. The molecule has 0 atom stereocenters. The average Bonchev–Trinajstić information content (AvgIpc) is 4.08. The van der Waals surface area contributed by atoms with Gasteiger partial charge in [0, 0.05) is 83.7 Å². The zero-order valence-corrected chi connectivity index (χ0v) is 33.2. The highest BCUT2D eigenvalue weighted by Gasteiger charge is 2.31. The van der Waals surface area contributed by atoms with Gasteiger partial charge in [-0.15, -0.1) is 10.2 Å². The van der Waals surface area contributed by atoms with Crippen LogP contribution in [0, 0.1) is 0 Å². The van der Waals surface area contributed by atoms with Crippen LogP contribution in [0.3, 0.4) is 0 Å². The normalized spacial score (nSPS) is 13.5. The highest BCUT2D eigenvalue weighted by atomic mass is 16.5. The van der Waals surface area contributed by atoms with Crippen LogP contribution in [0.25, 0.3) is 21.8 Å². The number of benzene rings is 5. The van der Waals surface area contributed by atoms with Crippen LogP contribution in [-0.2, 0) is 12.8 Å². The van der Waals surface area contributed by atoms with Crippen molar-refractivity contribution < 1.29 is 29.0 Å². The summed E-state index contributed by atoms with van der Waals surface area (Å²) in [6.45, 7) is 0.974. The van der Waals surface area contributed by atoms with E-state index in [0.717, 1.165) is 50.0 Å². The van der Waals surface area contributed by atoms with E-state index in [2.05, 4.69) is 30.4 Å². The van der Waals surface area contributed by atoms with Gasteiger partial charge >= 0.3 is 5.97 Å². The number of anilines is 3. The number of carboxylic acid groups (broad SMARTS) is 1. The van der Waals surface area contributed by atoms with Crippen molar-refractivity contribution in [3.63, 3.8) is 0 Å². The summed E-state index contributed by atoms with van der Waals surface area (Å²) < 4.78 is 11.2. The molecule has 2 aromatic heterocycles. The van der Waals surface area contributed by atoms with Crippen molar-refractivity contribution in [1.82, 2.24) is 9.97 Å². The third-order valence-corrected chi connectivity index (χ3v) is 11.0. The summed E-state index contributed by atoms with van der Waals surface area (Å²) in [5.41, 5.74) is 9.28. The fourth-order valence-electron chi connectivity index (χ4n) is 7.91. The minimum absolute atomic E-state index is 0.115. The molecule has 5 aromatic carbocycles. The molecule has 2 amide bonds. The highest BCUT2D eigenvalue weighted by molar-refractivity contribution is 6.12. The first-order chi connectivity index (χ1) is 29.1. The molecule has 4 heterocycles. The number of ether oxygens (including phenoxy) is 2. The summed E-state index contributed by atoms with van der Waals surface area (Å²) in [5, 5.41) is 28.7. The van der Waals surface area contributed by atoms with E-state index in [1.165, 1.54) is 7.11 Å². The third kappa shape index (κ3) is 6.74. The van der Waals surface area contributed by atoms with Gasteiger partial charge in [0.05, 0.1) is 25.6 Å². The summed E-state index contributed by atoms with van der Waals surface area (Å²) >= 11 is 0. The number of nitrogens with one attached hydrogen (secondary N) is 2. The average molecular weight is 802 g/mol. The number of fused-ring (bicyclic) bond motifs is 6. The van der Waals surface area contributed by atoms with Gasteiger partial charge in [-0.25, -0.2) is 4.79 Å². The number of carbonyl (C=O) groups excluding carboxylic acids is 2. The smallest absolute Gasteiger partial charge is 0.352 e. The van der Waals surface area contributed by atoms with E-state index in [-0.39, 0.29) is 17.5 Å². The van der Waals surface area contributed by atoms with Crippen molar-refractivity contribution >= 4 is 79.4 Å². The van der Waals surface area contributed by atoms with Gasteiger partial charge in [0.25, 0.3) is 11.8 Å². The molecule has 0 saturated heterocycles. The lowest BCUT2D eigenvalue weighted by Crippen LogP contribution is -2.29. The molecule has 3 N–H and O–H groups in total. The maximum absolute atomic E-state index is 13.9. The van der Waals surface area contributed by atoms with Crippen LogP contribution >= 0.6 is 0 Å². The predicted molar refractivity (Wildman–Crippen MR) is 229 cm³/mol. The zero-order valence-electron chi connectivity index (χ0n) is 33.2. The lowest BCUT2D eigenvalue weighted by atomic mass is 10.1. The number of aromatic amines is 2. The van der Waals surface area contributed by atoms with Gasteiger partial charge in [-0.3, -0.25) is 9.59 Å². The minimum Gasteiger partial charge on any atom is -0.494 e. The number of methoxy groups -OCH3 is 2. The highest BCUT2D eigenvalue weighted by Crippen LogP contribution is 2.42. The van der Waals surface area contributed by atoms with E-state index in [1.807, 2.05) is 73.6 Å². The Labute approximate surface area is 343 Å². The molecule has 2 aliphatic rings. The van der Waals surface area contributed by atoms with Crippen molar-refractivity contribution in [2.75, 3.05) is 56.1 Å². The monoisotopic (exact) mass is 801 g/mol.